The predicted octanol–water partition coefficient (Wildman–Crippen LogP) is 1.38. The van der Waals surface area contributed by atoms with E-state index in [2.05, 4.69) is 10.2 Å². The highest BCUT2D eigenvalue weighted by Crippen LogP contribution is 2.20. The highest BCUT2D eigenvalue weighted by Gasteiger charge is 2.17. The number of halogens is 1. The van der Waals surface area contributed by atoms with Crippen LogP contribution in [0, 0.1) is 0 Å². The lowest BCUT2D eigenvalue weighted by atomic mass is 10.3. The molecule has 0 aromatic carbocycles. The number of thioether (sulfide) groups is 1. The van der Waals surface area contributed by atoms with Crippen molar-refractivity contribution in [2.45, 2.75) is 0 Å². The maximum Gasteiger partial charge on any atom is 0.339 e. The van der Waals surface area contributed by atoms with E-state index < -0.39 is 5.97 Å². The van der Waals surface area contributed by atoms with Crippen LogP contribution in [-0.2, 0) is 0 Å². The fourth-order valence-electron chi connectivity index (χ4n) is 1.46. The molecule has 1 aliphatic rings. The number of anilines is 1. The van der Waals surface area contributed by atoms with Gasteiger partial charge in [0.25, 0.3) is 0 Å². The highest BCUT2D eigenvalue weighted by molar-refractivity contribution is 7.99. The van der Waals surface area contributed by atoms with E-state index in [-0.39, 0.29) is 10.7 Å². The van der Waals surface area contributed by atoms with Gasteiger partial charge < -0.3 is 10.0 Å². The number of nitrogens with zero attached hydrogens (tertiary/aromatic N) is 3. The van der Waals surface area contributed by atoms with Crippen molar-refractivity contribution in [2.75, 3.05) is 29.5 Å². The summed E-state index contributed by atoms with van der Waals surface area (Å²) in [6.07, 6.45) is 0. The summed E-state index contributed by atoms with van der Waals surface area (Å²) in [6.45, 7) is 1.72. The second-order valence-electron chi connectivity index (χ2n) is 3.31. The fourth-order valence-corrected chi connectivity index (χ4v) is 2.54. The Bertz CT molecular complexity index is 410. The van der Waals surface area contributed by atoms with Gasteiger partial charge in [0.15, 0.2) is 11.0 Å². The molecule has 2 rings (SSSR count). The molecule has 86 valence electrons. The molecular weight excluding hydrogens is 250 g/mol. The van der Waals surface area contributed by atoms with Gasteiger partial charge in [-0.3, -0.25) is 0 Å². The summed E-state index contributed by atoms with van der Waals surface area (Å²) in [5.41, 5.74) is 0.00453. The van der Waals surface area contributed by atoms with Crippen LogP contribution in [0.15, 0.2) is 6.07 Å². The van der Waals surface area contributed by atoms with Gasteiger partial charge in [0, 0.05) is 30.7 Å². The van der Waals surface area contributed by atoms with Crippen molar-refractivity contribution in [1.82, 2.24) is 10.2 Å². The zero-order valence-electron chi connectivity index (χ0n) is 8.39. The number of rotatable bonds is 2. The largest absolute Gasteiger partial charge is 0.478 e. The summed E-state index contributed by atoms with van der Waals surface area (Å²) in [4.78, 5) is 12.9. The van der Waals surface area contributed by atoms with Gasteiger partial charge >= 0.3 is 5.97 Å². The molecule has 0 aliphatic carbocycles. The monoisotopic (exact) mass is 259 g/mol. The molecule has 0 unspecified atom stereocenters. The summed E-state index contributed by atoms with van der Waals surface area (Å²) in [5.74, 6) is 1.55. The van der Waals surface area contributed by atoms with Crippen molar-refractivity contribution >= 4 is 35.1 Å². The van der Waals surface area contributed by atoms with E-state index in [1.54, 1.807) is 0 Å². The first kappa shape index (κ1) is 11.5. The number of aromatic nitrogens is 2. The standard InChI is InChI=1S/C9H10ClN3O2S/c10-8-6(9(14)15)5-7(11-12-8)13-1-3-16-4-2-13/h5H,1-4H2,(H,14,15). The number of carboxylic acids is 1. The molecule has 0 atom stereocenters. The fraction of sp³-hybridized carbons (Fsp3) is 0.444. The Balaban J connectivity index is 2.27. The molecule has 0 saturated carbocycles. The second-order valence-corrected chi connectivity index (χ2v) is 4.89. The molecule has 1 fully saturated rings. The quantitative estimate of drug-likeness (QED) is 0.866. The summed E-state index contributed by atoms with van der Waals surface area (Å²) < 4.78 is 0. The van der Waals surface area contributed by atoms with Crippen LogP contribution in [0.1, 0.15) is 10.4 Å². The Morgan fingerprint density at radius 3 is 2.75 bits per heavy atom. The van der Waals surface area contributed by atoms with Crippen molar-refractivity contribution in [3.8, 4) is 0 Å². The highest BCUT2D eigenvalue weighted by atomic mass is 35.5. The van der Waals surface area contributed by atoms with Gasteiger partial charge in [-0.05, 0) is 0 Å². The minimum Gasteiger partial charge on any atom is -0.478 e. The van der Waals surface area contributed by atoms with Crippen LogP contribution in [0.25, 0.3) is 0 Å². The lowest BCUT2D eigenvalue weighted by Gasteiger charge is -2.26. The third-order valence-electron chi connectivity index (χ3n) is 2.30. The minimum absolute atomic E-state index is 0.00453. The molecule has 16 heavy (non-hydrogen) atoms. The molecule has 0 radical (unpaired) electrons. The Morgan fingerprint density at radius 2 is 2.12 bits per heavy atom. The van der Waals surface area contributed by atoms with E-state index in [1.807, 2.05) is 16.7 Å². The predicted molar refractivity (Wildman–Crippen MR) is 63.5 cm³/mol. The van der Waals surface area contributed by atoms with E-state index in [4.69, 9.17) is 16.7 Å². The van der Waals surface area contributed by atoms with Gasteiger partial charge in [-0.2, -0.15) is 11.8 Å². The Morgan fingerprint density at radius 1 is 1.44 bits per heavy atom. The molecule has 0 amide bonds. The van der Waals surface area contributed by atoms with Crippen LogP contribution in [-0.4, -0.2) is 45.9 Å². The van der Waals surface area contributed by atoms with Crippen molar-refractivity contribution in [3.05, 3.63) is 16.8 Å². The van der Waals surface area contributed by atoms with E-state index in [9.17, 15) is 4.79 Å². The number of hydrogen-bond acceptors (Lipinski definition) is 5. The van der Waals surface area contributed by atoms with Crippen molar-refractivity contribution in [1.29, 1.82) is 0 Å². The molecular formula is C9H10ClN3O2S. The summed E-state index contributed by atoms with van der Waals surface area (Å²) in [5, 5.41) is 16.4. The van der Waals surface area contributed by atoms with Crippen LogP contribution >= 0.6 is 23.4 Å². The molecule has 0 bridgehead atoms. The van der Waals surface area contributed by atoms with E-state index in [0.29, 0.717) is 5.82 Å². The average molecular weight is 260 g/mol. The number of carboxylic acid groups (broad SMARTS) is 1. The van der Waals surface area contributed by atoms with Crippen LogP contribution in [0.3, 0.4) is 0 Å². The first-order valence-corrected chi connectivity index (χ1v) is 6.31. The smallest absolute Gasteiger partial charge is 0.339 e. The van der Waals surface area contributed by atoms with E-state index in [1.165, 1.54) is 6.07 Å². The Hall–Kier alpha value is -1.01. The van der Waals surface area contributed by atoms with E-state index in [0.717, 1.165) is 24.6 Å². The first-order valence-electron chi connectivity index (χ1n) is 4.77. The van der Waals surface area contributed by atoms with Crippen molar-refractivity contribution in [3.63, 3.8) is 0 Å². The minimum atomic E-state index is -1.08. The molecule has 0 spiro atoms. The summed E-state index contributed by atoms with van der Waals surface area (Å²) >= 11 is 7.53. The van der Waals surface area contributed by atoms with Gasteiger partial charge in [-0.1, -0.05) is 11.6 Å². The zero-order chi connectivity index (χ0) is 11.5. The van der Waals surface area contributed by atoms with E-state index >= 15 is 0 Å². The molecule has 1 saturated heterocycles. The summed E-state index contributed by atoms with van der Waals surface area (Å²) in [6, 6.07) is 1.48. The van der Waals surface area contributed by atoms with Crippen LogP contribution in [0.2, 0.25) is 5.15 Å². The van der Waals surface area contributed by atoms with Gasteiger partial charge in [0.05, 0.1) is 0 Å². The van der Waals surface area contributed by atoms with Crippen LogP contribution < -0.4 is 4.90 Å². The molecule has 1 aliphatic heterocycles. The molecule has 1 aromatic heterocycles. The molecule has 7 heteroatoms. The normalized spacial score (nSPS) is 16.2. The van der Waals surface area contributed by atoms with Crippen LogP contribution in [0.5, 0.6) is 0 Å². The number of aromatic carboxylic acids is 1. The maximum atomic E-state index is 10.9. The molecule has 5 nitrogen and oxygen atoms in total. The third kappa shape index (κ3) is 2.38. The van der Waals surface area contributed by atoms with Crippen molar-refractivity contribution < 1.29 is 9.90 Å². The van der Waals surface area contributed by atoms with Gasteiger partial charge in [-0.15, -0.1) is 10.2 Å². The Labute approximate surface area is 102 Å². The summed E-state index contributed by atoms with van der Waals surface area (Å²) in [7, 11) is 0. The molecule has 1 aromatic rings. The SMILES string of the molecule is O=C(O)c1cc(N2CCSCC2)nnc1Cl. The van der Waals surface area contributed by atoms with Crippen molar-refractivity contribution in [2.24, 2.45) is 0 Å². The molecule has 2 heterocycles. The average Bonchev–Trinajstić information content (AvgIpc) is 2.30. The number of hydrogen-bond donors (Lipinski definition) is 1. The maximum absolute atomic E-state index is 10.9. The van der Waals surface area contributed by atoms with Gasteiger partial charge in [0.2, 0.25) is 0 Å². The van der Waals surface area contributed by atoms with Gasteiger partial charge in [0.1, 0.15) is 5.56 Å². The lowest BCUT2D eigenvalue weighted by molar-refractivity contribution is 0.0696. The van der Waals surface area contributed by atoms with Crippen LogP contribution in [0.4, 0.5) is 5.82 Å². The topological polar surface area (TPSA) is 66.3 Å². The lowest BCUT2D eigenvalue weighted by Crippen LogP contribution is -2.33. The van der Waals surface area contributed by atoms with Gasteiger partial charge in [-0.25, -0.2) is 4.79 Å². The molecule has 1 N–H and O–H groups in total. The zero-order valence-corrected chi connectivity index (χ0v) is 9.96. The second kappa shape index (κ2) is 4.88. The first-order chi connectivity index (χ1) is 7.68. The Kier molecular flexibility index (Phi) is 3.50. The third-order valence-corrected chi connectivity index (χ3v) is 3.52. The number of carbonyl (C=O) groups is 1.